The number of aryl methyl sites for hydroxylation is 1. The van der Waals surface area contributed by atoms with E-state index < -0.39 is 23.9 Å². The average molecular weight is 498 g/mol. The normalized spacial score (nSPS) is 13.1. The van der Waals surface area contributed by atoms with E-state index in [9.17, 15) is 18.4 Å². The van der Waals surface area contributed by atoms with Crippen LogP contribution in [0, 0.1) is 0 Å². The Morgan fingerprint density at radius 2 is 2.00 bits per heavy atom. The van der Waals surface area contributed by atoms with Crippen molar-refractivity contribution in [1.82, 2.24) is 14.6 Å². The summed E-state index contributed by atoms with van der Waals surface area (Å²) in [5, 5.41) is 7.09. The summed E-state index contributed by atoms with van der Waals surface area (Å²) >= 11 is 1.32. The molecule has 0 unspecified atom stereocenters. The van der Waals surface area contributed by atoms with Crippen molar-refractivity contribution in [3.63, 3.8) is 0 Å². The van der Waals surface area contributed by atoms with Crippen molar-refractivity contribution in [2.24, 2.45) is 5.73 Å². The molecule has 0 radical (unpaired) electrons. The number of hydrogen-bond donors (Lipinski definition) is 2. The number of nitrogens with one attached hydrogen (secondary N) is 1. The van der Waals surface area contributed by atoms with E-state index in [1.54, 1.807) is 24.3 Å². The van der Waals surface area contributed by atoms with Gasteiger partial charge in [0.2, 0.25) is 0 Å². The van der Waals surface area contributed by atoms with Crippen LogP contribution in [0.4, 0.5) is 13.8 Å². The minimum atomic E-state index is -2.87. The summed E-state index contributed by atoms with van der Waals surface area (Å²) in [7, 11) is 1.47. The number of fused-ring (bicyclic) bond motifs is 2. The number of anilines is 1. The first-order valence-corrected chi connectivity index (χ1v) is 11.8. The van der Waals surface area contributed by atoms with Crippen LogP contribution in [0.25, 0.3) is 16.9 Å². The number of ether oxygens (including phenoxy) is 1. The smallest absolute Gasteiger partial charge is 0.280 e. The first kappa shape index (κ1) is 22.9. The SMILES string of the molecule is COc1ccccc1-c1cc(C(F)F)n2ncc(C(=O)Nc3sc4c(c3C(N)=O)CCCC4)c2n1. The van der Waals surface area contributed by atoms with Gasteiger partial charge in [0.1, 0.15) is 22.0 Å². The van der Waals surface area contributed by atoms with Crippen LogP contribution >= 0.6 is 11.3 Å². The van der Waals surface area contributed by atoms with Crippen LogP contribution in [0.2, 0.25) is 0 Å². The van der Waals surface area contributed by atoms with Crippen LogP contribution in [0.1, 0.15) is 56.1 Å². The van der Waals surface area contributed by atoms with E-state index in [1.807, 2.05) is 0 Å². The molecule has 3 heterocycles. The molecule has 1 aliphatic carbocycles. The molecule has 0 spiro atoms. The molecule has 2 amide bonds. The summed E-state index contributed by atoms with van der Waals surface area (Å²) in [6, 6.07) is 8.10. The topological polar surface area (TPSA) is 112 Å². The van der Waals surface area contributed by atoms with Gasteiger partial charge in [-0.2, -0.15) is 5.10 Å². The molecule has 1 aliphatic rings. The van der Waals surface area contributed by atoms with E-state index in [0.717, 1.165) is 40.6 Å². The fourth-order valence-corrected chi connectivity index (χ4v) is 5.67. The quantitative estimate of drug-likeness (QED) is 0.403. The minimum absolute atomic E-state index is 0.00885. The number of halogens is 2. The number of alkyl halides is 2. The Hall–Kier alpha value is -3.86. The summed E-state index contributed by atoms with van der Waals surface area (Å²) in [5.74, 6) is -0.785. The molecule has 5 rings (SSSR count). The van der Waals surface area contributed by atoms with Gasteiger partial charge in [0.25, 0.3) is 18.2 Å². The van der Waals surface area contributed by atoms with Crippen molar-refractivity contribution in [3.8, 4) is 17.0 Å². The predicted octanol–water partition coefficient (Wildman–Crippen LogP) is 4.63. The summed E-state index contributed by atoms with van der Waals surface area (Å²) in [6.07, 6.45) is 1.80. The largest absolute Gasteiger partial charge is 0.496 e. The Kier molecular flexibility index (Phi) is 5.93. The van der Waals surface area contributed by atoms with E-state index in [4.69, 9.17) is 10.5 Å². The van der Waals surface area contributed by atoms with E-state index in [2.05, 4.69) is 15.4 Å². The van der Waals surface area contributed by atoms with Gasteiger partial charge < -0.3 is 15.8 Å². The molecule has 0 aliphatic heterocycles. The highest BCUT2D eigenvalue weighted by atomic mass is 32.1. The second-order valence-electron chi connectivity index (χ2n) is 8.09. The summed E-state index contributed by atoms with van der Waals surface area (Å²) in [6.45, 7) is 0. The summed E-state index contributed by atoms with van der Waals surface area (Å²) in [4.78, 5) is 30.9. The molecule has 0 bridgehead atoms. The van der Waals surface area contributed by atoms with Gasteiger partial charge in [0.15, 0.2) is 5.65 Å². The number of thiophene rings is 1. The number of carbonyl (C=O) groups excluding carboxylic acids is 2. The Bertz CT molecular complexity index is 1460. The minimum Gasteiger partial charge on any atom is -0.496 e. The van der Waals surface area contributed by atoms with Gasteiger partial charge >= 0.3 is 0 Å². The van der Waals surface area contributed by atoms with Crippen LogP contribution in [0.5, 0.6) is 5.75 Å². The van der Waals surface area contributed by atoms with E-state index in [0.29, 0.717) is 21.9 Å². The molecule has 3 N–H and O–H groups in total. The highest BCUT2D eigenvalue weighted by molar-refractivity contribution is 7.17. The first-order valence-electron chi connectivity index (χ1n) is 10.9. The number of benzene rings is 1. The monoisotopic (exact) mass is 497 g/mol. The van der Waals surface area contributed by atoms with Crippen LogP contribution in [0.15, 0.2) is 36.5 Å². The Labute approximate surface area is 202 Å². The second kappa shape index (κ2) is 9.06. The molecule has 0 saturated carbocycles. The zero-order valence-electron chi connectivity index (χ0n) is 18.7. The Morgan fingerprint density at radius 3 is 2.74 bits per heavy atom. The van der Waals surface area contributed by atoms with Gasteiger partial charge in [0.05, 0.1) is 24.6 Å². The van der Waals surface area contributed by atoms with E-state index >= 15 is 0 Å². The zero-order valence-corrected chi connectivity index (χ0v) is 19.5. The van der Waals surface area contributed by atoms with Crippen LogP contribution in [0.3, 0.4) is 0 Å². The van der Waals surface area contributed by atoms with E-state index in [1.165, 1.54) is 30.7 Å². The third-order valence-electron chi connectivity index (χ3n) is 6.00. The maximum Gasteiger partial charge on any atom is 0.280 e. The number of para-hydroxylation sites is 1. The molecule has 8 nitrogen and oxygen atoms in total. The molecule has 0 atom stereocenters. The molecule has 0 fully saturated rings. The van der Waals surface area contributed by atoms with Crippen LogP contribution in [-0.2, 0) is 12.8 Å². The van der Waals surface area contributed by atoms with Gasteiger partial charge in [-0.15, -0.1) is 11.3 Å². The number of rotatable bonds is 6. The zero-order chi connectivity index (χ0) is 24.7. The van der Waals surface area contributed by atoms with Crippen molar-refractivity contribution in [2.75, 3.05) is 12.4 Å². The number of carbonyl (C=O) groups is 2. The van der Waals surface area contributed by atoms with Gasteiger partial charge in [-0.3, -0.25) is 9.59 Å². The van der Waals surface area contributed by atoms with Crippen molar-refractivity contribution >= 4 is 33.8 Å². The van der Waals surface area contributed by atoms with Gasteiger partial charge in [0, 0.05) is 10.4 Å². The molecular formula is C24H21F2N5O3S. The van der Waals surface area contributed by atoms with Crippen molar-refractivity contribution in [3.05, 3.63) is 63.8 Å². The lowest BCUT2D eigenvalue weighted by Gasteiger charge is -2.11. The lowest BCUT2D eigenvalue weighted by Crippen LogP contribution is -2.18. The molecule has 0 saturated heterocycles. The maximum atomic E-state index is 13.9. The van der Waals surface area contributed by atoms with Crippen molar-refractivity contribution in [1.29, 1.82) is 0 Å². The van der Waals surface area contributed by atoms with Gasteiger partial charge in [-0.1, -0.05) is 12.1 Å². The predicted molar refractivity (Wildman–Crippen MR) is 127 cm³/mol. The third kappa shape index (κ3) is 4.01. The summed E-state index contributed by atoms with van der Waals surface area (Å²) in [5.41, 5.74) is 7.05. The number of methoxy groups -OCH3 is 1. The number of primary amides is 1. The lowest BCUT2D eigenvalue weighted by molar-refractivity contribution is 0.100. The molecule has 11 heteroatoms. The van der Waals surface area contributed by atoms with E-state index in [-0.39, 0.29) is 16.9 Å². The molecule has 3 aromatic heterocycles. The maximum absolute atomic E-state index is 13.9. The number of amides is 2. The van der Waals surface area contributed by atoms with Crippen molar-refractivity contribution in [2.45, 2.75) is 32.1 Å². The average Bonchev–Trinajstić information content (AvgIpc) is 3.44. The molecule has 35 heavy (non-hydrogen) atoms. The Balaban J connectivity index is 1.60. The number of nitrogens with two attached hydrogens (primary N) is 1. The first-order chi connectivity index (χ1) is 16.9. The molecule has 1 aromatic carbocycles. The van der Waals surface area contributed by atoms with Gasteiger partial charge in [-0.05, 0) is 49.4 Å². The number of aromatic nitrogens is 3. The number of nitrogens with zero attached hydrogens (tertiary/aromatic N) is 3. The van der Waals surface area contributed by atoms with Crippen LogP contribution in [-0.4, -0.2) is 33.5 Å². The standard InChI is InChI=1S/C24H21F2N5O3S/c1-34-17-8-4-2-6-12(17)15-10-16(20(25)26)31-22(29-15)14(11-28-31)23(33)30-24-19(21(27)32)13-7-3-5-9-18(13)35-24/h2,4,6,8,10-11,20H,3,5,7,9H2,1H3,(H2,27,32)(H,30,33). The fourth-order valence-electron chi connectivity index (χ4n) is 4.38. The highest BCUT2D eigenvalue weighted by Gasteiger charge is 2.27. The molecule has 4 aromatic rings. The third-order valence-corrected chi connectivity index (χ3v) is 7.20. The molecular weight excluding hydrogens is 476 g/mol. The number of hydrogen-bond acceptors (Lipinski definition) is 6. The van der Waals surface area contributed by atoms with Crippen molar-refractivity contribution < 1.29 is 23.1 Å². The lowest BCUT2D eigenvalue weighted by atomic mass is 9.95. The second-order valence-corrected chi connectivity index (χ2v) is 9.20. The highest BCUT2D eigenvalue weighted by Crippen LogP contribution is 2.38. The Morgan fingerprint density at radius 1 is 1.23 bits per heavy atom. The van der Waals surface area contributed by atoms with Gasteiger partial charge in [-0.25, -0.2) is 18.3 Å². The fraction of sp³-hybridized carbons (Fsp3) is 0.250. The van der Waals surface area contributed by atoms with Crippen LogP contribution < -0.4 is 15.8 Å². The molecule has 180 valence electrons. The summed E-state index contributed by atoms with van der Waals surface area (Å²) < 4.78 is 34.2.